The Kier molecular flexibility index (Phi) is 2.92. The van der Waals surface area contributed by atoms with Crippen LogP contribution in [0.25, 0.3) is 0 Å². The summed E-state index contributed by atoms with van der Waals surface area (Å²) in [6, 6.07) is 2.23. The maximum absolute atomic E-state index is 12.4. The fourth-order valence-corrected chi connectivity index (χ4v) is 1.27. The second kappa shape index (κ2) is 3.67. The normalized spacial score (nSPS) is 11.8. The van der Waals surface area contributed by atoms with Gasteiger partial charge in [-0.3, -0.25) is 0 Å². The van der Waals surface area contributed by atoms with Gasteiger partial charge in [0.15, 0.2) is 0 Å². The Labute approximate surface area is 83.6 Å². The van der Waals surface area contributed by atoms with Gasteiger partial charge in [0.2, 0.25) is 0 Å². The molecule has 0 fully saturated rings. The Balaban J connectivity index is 3.35. The van der Waals surface area contributed by atoms with Gasteiger partial charge >= 0.3 is 6.18 Å². The van der Waals surface area contributed by atoms with Crippen LogP contribution >= 0.6 is 11.6 Å². The number of alkyl halides is 3. The molecule has 0 aromatic heterocycles. The number of nitrogens with two attached hydrogens (primary N) is 2. The van der Waals surface area contributed by atoms with Crippen LogP contribution in [-0.4, -0.2) is 0 Å². The highest BCUT2D eigenvalue weighted by Gasteiger charge is 2.34. The highest BCUT2D eigenvalue weighted by atomic mass is 35.5. The second-order valence-electron chi connectivity index (χ2n) is 2.74. The molecule has 1 aromatic rings. The van der Waals surface area contributed by atoms with Gasteiger partial charge in [0.05, 0.1) is 16.3 Å². The van der Waals surface area contributed by atoms with Crippen LogP contribution in [0.15, 0.2) is 12.1 Å². The van der Waals surface area contributed by atoms with Gasteiger partial charge in [0.1, 0.15) is 0 Å². The molecule has 6 heteroatoms. The van der Waals surface area contributed by atoms with Crippen molar-refractivity contribution in [1.29, 1.82) is 0 Å². The minimum Gasteiger partial charge on any atom is -0.397 e. The highest BCUT2D eigenvalue weighted by molar-refractivity contribution is 6.33. The third kappa shape index (κ3) is 2.10. The molecule has 0 aliphatic carbocycles. The molecule has 0 atom stereocenters. The first kappa shape index (κ1) is 11.1. The molecular formula is C8H8ClF3N2. The minimum atomic E-state index is -4.50. The number of anilines is 1. The molecule has 1 aromatic carbocycles. The summed E-state index contributed by atoms with van der Waals surface area (Å²) in [7, 11) is 0. The van der Waals surface area contributed by atoms with Crippen LogP contribution in [0, 0.1) is 0 Å². The quantitative estimate of drug-likeness (QED) is 0.720. The average molecular weight is 225 g/mol. The molecule has 0 heterocycles. The SMILES string of the molecule is NCc1cc(Cl)c(N)c(C(F)(F)F)c1. The zero-order chi connectivity index (χ0) is 10.9. The van der Waals surface area contributed by atoms with Crippen molar-refractivity contribution in [3.8, 4) is 0 Å². The smallest absolute Gasteiger partial charge is 0.397 e. The topological polar surface area (TPSA) is 52.0 Å². The van der Waals surface area contributed by atoms with Crippen LogP contribution in [0.3, 0.4) is 0 Å². The van der Waals surface area contributed by atoms with Gasteiger partial charge in [-0.1, -0.05) is 11.6 Å². The molecule has 0 amide bonds. The van der Waals surface area contributed by atoms with Gasteiger partial charge in [0, 0.05) is 6.54 Å². The van der Waals surface area contributed by atoms with Gasteiger partial charge < -0.3 is 11.5 Å². The van der Waals surface area contributed by atoms with Gasteiger partial charge in [-0.05, 0) is 17.7 Å². The molecule has 0 saturated carbocycles. The number of rotatable bonds is 1. The average Bonchev–Trinajstić information content (AvgIpc) is 2.07. The van der Waals surface area contributed by atoms with Crippen molar-refractivity contribution in [3.05, 3.63) is 28.3 Å². The van der Waals surface area contributed by atoms with Crippen molar-refractivity contribution < 1.29 is 13.2 Å². The van der Waals surface area contributed by atoms with E-state index in [-0.39, 0.29) is 11.6 Å². The third-order valence-electron chi connectivity index (χ3n) is 1.73. The van der Waals surface area contributed by atoms with E-state index in [4.69, 9.17) is 23.1 Å². The van der Waals surface area contributed by atoms with Crippen LogP contribution in [0.5, 0.6) is 0 Å². The van der Waals surface area contributed by atoms with E-state index in [1.807, 2.05) is 0 Å². The summed E-state index contributed by atoms with van der Waals surface area (Å²) in [6.45, 7) is -0.0108. The highest BCUT2D eigenvalue weighted by Crippen LogP contribution is 2.37. The molecule has 0 bridgehead atoms. The summed E-state index contributed by atoms with van der Waals surface area (Å²) in [5.74, 6) is 0. The van der Waals surface area contributed by atoms with Crippen LogP contribution in [-0.2, 0) is 12.7 Å². The fraction of sp³-hybridized carbons (Fsp3) is 0.250. The van der Waals surface area contributed by atoms with Crippen molar-refractivity contribution >= 4 is 17.3 Å². The second-order valence-corrected chi connectivity index (χ2v) is 3.15. The Bertz CT molecular complexity index is 349. The van der Waals surface area contributed by atoms with Gasteiger partial charge in [-0.25, -0.2) is 0 Å². The lowest BCUT2D eigenvalue weighted by molar-refractivity contribution is -0.136. The molecule has 0 unspecified atom stereocenters. The number of hydrogen-bond acceptors (Lipinski definition) is 2. The lowest BCUT2D eigenvalue weighted by atomic mass is 10.1. The molecular weight excluding hydrogens is 217 g/mol. The molecule has 0 spiro atoms. The predicted molar refractivity (Wildman–Crippen MR) is 48.8 cm³/mol. The maximum Gasteiger partial charge on any atom is 0.418 e. The van der Waals surface area contributed by atoms with E-state index in [9.17, 15) is 13.2 Å². The van der Waals surface area contributed by atoms with Crippen molar-refractivity contribution in [2.75, 3.05) is 5.73 Å². The van der Waals surface area contributed by atoms with E-state index in [2.05, 4.69) is 0 Å². The molecule has 78 valence electrons. The Morgan fingerprint density at radius 2 is 1.86 bits per heavy atom. The summed E-state index contributed by atoms with van der Waals surface area (Å²) >= 11 is 5.52. The first-order chi connectivity index (χ1) is 6.36. The van der Waals surface area contributed by atoms with E-state index >= 15 is 0 Å². The molecule has 4 N–H and O–H groups in total. The van der Waals surface area contributed by atoms with Crippen molar-refractivity contribution in [1.82, 2.24) is 0 Å². The number of benzene rings is 1. The van der Waals surface area contributed by atoms with E-state index in [0.29, 0.717) is 5.56 Å². The zero-order valence-corrected chi connectivity index (χ0v) is 7.78. The lowest BCUT2D eigenvalue weighted by Crippen LogP contribution is -2.11. The summed E-state index contributed by atoms with van der Waals surface area (Å²) < 4.78 is 37.1. The maximum atomic E-state index is 12.4. The summed E-state index contributed by atoms with van der Waals surface area (Å²) in [5, 5.41) is -0.125. The first-order valence-electron chi connectivity index (χ1n) is 3.71. The minimum absolute atomic E-state index is 0.0108. The fourth-order valence-electron chi connectivity index (χ4n) is 1.03. The number of nitrogen functional groups attached to an aromatic ring is 1. The van der Waals surface area contributed by atoms with Crippen LogP contribution in [0.2, 0.25) is 5.02 Å². The third-order valence-corrected chi connectivity index (χ3v) is 2.04. The zero-order valence-electron chi connectivity index (χ0n) is 7.03. The van der Waals surface area contributed by atoms with E-state index in [1.54, 1.807) is 0 Å². The van der Waals surface area contributed by atoms with Gasteiger partial charge in [-0.2, -0.15) is 13.2 Å². The lowest BCUT2D eigenvalue weighted by Gasteiger charge is -2.12. The molecule has 0 aliphatic heterocycles. The van der Waals surface area contributed by atoms with Gasteiger partial charge in [0.25, 0.3) is 0 Å². The molecule has 0 saturated heterocycles. The monoisotopic (exact) mass is 224 g/mol. The Morgan fingerprint density at radius 3 is 2.29 bits per heavy atom. The Morgan fingerprint density at radius 1 is 1.29 bits per heavy atom. The summed E-state index contributed by atoms with van der Waals surface area (Å²) in [4.78, 5) is 0. The van der Waals surface area contributed by atoms with E-state index in [0.717, 1.165) is 6.07 Å². The van der Waals surface area contributed by atoms with Crippen molar-refractivity contribution in [2.24, 2.45) is 5.73 Å². The molecule has 0 radical (unpaired) electrons. The largest absolute Gasteiger partial charge is 0.418 e. The van der Waals surface area contributed by atoms with E-state index < -0.39 is 17.4 Å². The number of hydrogen-bond donors (Lipinski definition) is 2. The summed E-state index contributed by atoms with van der Waals surface area (Å²) in [6.07, 6.45) is -4.50. The first-order valence-corrected chi connectivity index (χ1v) is 4.09. The van der Waals surface area contributed by atoms with Crippen LogP contribution in [0.1, 0.15) is 11.1 Å². The van der Waals surface area contributed by atoms with Gasteiger partial charge in [-0.15, -0.1) is 0 Å². The van der Waals surface area contributed by atoms with Crippen LogP contribution in [0.4, 0.5) is 18.9 Å². The molecule has 2 nitrogen and oxygen atoms in total. The summed E-state index contributed by atoms with van der Waals surface area (Å²) in [5.41, 5.74) is 9.31. The predicted octanol–water partition coefficient (Wildman–Crippen LogP) is 2.40. The molecule has 14 heavy (non-hydrogen) atoms. The van der Waals surface area contributed by atoms with E-state index in [1.165, 1.54) is 6.07 Å². The standard InChI is InChI=1S/C8H8ClF3N2/c9-6-2-4(3-13)1-5(7(6)14)8(10,11)12/h1-2H,3,13-14H2. The molecule has 1 rings (SSSR count). The molecule has 0 aliphatic rings. The Hall–Kier alpha value is -0.940. The van der Waals surface area contributed by atoms with Crippen molar-refractivity contribution in [2.45, 2.75) is 12.7 Å². The van der Waals surface area contributed by atoms with Crippen LogP contribution < -0.4 is 11.5 Å². The van der Waals surface area contributed by atoms with Crippen molar-refractivity contribution in [3.63, 3.8) is 0 Å². The number of halogens is 4.